The molecule has 0 aromatic carbocycles. The fourth-order valence-electron chi connectivity index (χ4n) is 0.727. The molecule has 0 aliphatic carbocycles. The Kier molecular flexibility index (Phi) is 2.66. The molecule has 1 aromatic heterocycles. The van der Waals surface area contributed by atoms with Crippen LogP contribution < -0.4 is 5.73 Å². The number of aryl methyl sites for hydroxylation is 1. The Labute approximate surface area is 65.2 Å². The van der Waals surface area contributed by atoms with Gasteiger partial charge in [-0.2, -0.15) is 0 Å². The molecule has 0 aliphatic rings. The Hall–Kier alpha value is -0.600. The van der Waals surface area contributed by atoms with Crippen molar-refractivity contribution in [2.24, 2.45) is 5.73 Å². The van der Waals surface area contributed by atoms with E-state index in [2.05, 4.69) is 25.1 Å². The highest BCUT2D eigenvalue weighted by Gasteiger charge is 1.88. The fraction of sp³-hybridized carbons (Fsp3) is 0.250. The molecule has 0 atom stereocenters. The highest BCUT2D eigenvalue weighted by atomic mass is 32.1. The zero-order valence-electron chi connectivity index (χ0n) is 6.00. The van der Waals surface area contributed by atoms with E-state index in [1.165, 1.54) is 9.75 Å². The largest absolute Gasteiger partial charge is 0.327 e. The van der Waals surface area contributed by atoms with E-state index in [1.807, 2.05) is 6.08 Å². The summed E-state index contributed by atoms with van der Waals surface area (Å²) >= 11 is 1.79. The molecule has 0 aliphatic heterocycles. The van der Waals surface area contributed by atoms with Gasteiger partial charge < -0.3 is 5.73 Å². The molecule has 0 amide bonds. The second-order valence-electron chi connectivity index (χ2n) is 2.09. The van der Waals surface area contributed by atoms with E-state index in [-0.39, 0.29) is 0 Å². The quantitative estimate of drug-likeness (QED) is 0.691. The fourth-order valence-corrected chi connectivity index (χ4v) is 1.54. The Bertz CT molecular complexity index is 225. The van der Waals surface area contributed by atoms with Crippen LogP contribution in [0, 0.1) is 6.92 Å². The molecular formula is C8H11NS. The van der Waals surface area contributed by atoms with Crippen LogP contribution in [-0.4, -0.2) is 6.54 Å². The summed E-state index contributed by atoms with van der Waals surface area (Å²) in [4.78, 5) is 2.62. The molecule has 0 bridgehead atoms. The third-order valence-corrected chi connectivity index (χ3v) is 2.15. The Balaban J connectivity index is 2.67. The van der Waals surface area contributed by atoms with Crippen LogP contribution in [0.5, 0.6) is 0 Å². The van der Waals surface area contributed by atoms with Gasteiger partial charge in [0.15, 0.2) is 0 Å². The van der Waals surface area contributed by atoms with Crippen molar-refractivity contribution in [2.45, 2.75) is 6.92 Å². The highest BCUT2D eigenvalue weighted by Crippen LogP contribution is 2.15. The minimum absolute atomic E-state index is 0.622. The van der Waals surface area contributed by atoms with Gasteiger partial charge in [-0.25, -0.2) is 0 Å². The van der Waals surface area contributed by atoms with Gasteiger partial charge in [0.2, 0.25) is 0 Å². The Morgan fingerprint density at radius 2 is 2.40 bits per heavy atom. The van der Waals surface area contributed by atoms with Gasteiger partial charge in [0.05, 0.1) is 0 Å². The first-order valence-corrected chi connectivity index (χ1v) is 4.07. The van der Waals surface area contributed by atoms with E-state index < -0.39 is 0 Å². The Morgan fingerprint density at radius 1 is 1.60 bits per heavy atom. The SMILES string of the molecule is Cc1ccc(/C=C/CN)s1. The molecule has 0 spiro atoms. The lowest BCUT2D eigenvalue weighted by Crippen LogP contribution is -1.91. The zero-order valence-corrected chi connectivity index (χ0v) is 6.82. The molecule has 1 heterocycles. The molecule has 1 nitrogen and oxygen atoms in total. The van der Waals surface area contributed by atoms with Gasteiger partial charge in [-0.1, -0.05) is 6.08 Å². The molecule has 0 fully saturated rings. The van der Waals surface area contributed by atoms with Crippen LogP contribution in [0.3, 0.4) is 0 Å². The van der Waals surface area contributed by atoms with Crippen molar-refractivity contribution in [2.75, 3.05) is 6.54 Å². The predicted molar refractivity (Wildman–Crippen MR) is 47.1 cm³/mol. The Morgan fingerprint density at radius 3 is 2.90 bits per heavy atom. The topological polar surface area (TPSA) is 26.0 Å². The van der Waals surface area contributed by atoms with Crippen LogP contribution in [-0.2, 0) is 0 Å². The highest BCUT2D eigenvalue weighted by molar-refractivity contribution is 7.12. The van der Waals surface area contributed by atoms with Gasteiger partial charge in [-0.15, -0.1) is 11.3 Å². The molecular weight excluding hydrogens is 142 g/mol. The van der Waals surface area contributed by atoms with E-state index in [0.29, 0.717) is 6.54 Å². The maximum Gasteiger partial charge on any atom is 0.0270 e. The van der Waals surface area contributed by atoms with Crippen molar-refractivity contribution in [1.82, 2.24) is 0 Å². The second-order valence-corrected chi connectivity index (χ2v) is 3.41. The molecule has 0 unspecified atom stereocenters. The molecule has 0 saturated heterocycles. The van der Waals surface area contributed by atoms with E-state index in [1.54, 1.807) is 11.3 Å². The number of thiophene rings is 1. The van der Waals surface area contributed by atoms with Crippen LogP contribution in [0.15, 0.2) is 18.2 Å². The van der Waals surface area contributed by atoms with E-state index in [0.717, 1.165) is 0 Å². The summed E-state index contributed by atoms with van der Waals surface area (Å²) in [5.74, 6) is 0. The minimum Gasteiger partial charge on any atom is -0.327 e. The second kappa shape index (κ2) is 3.54. The first-order valence-electron chi connectivity index (χ1n) is 3.26. The van der Waals surface area contributed by atoms with Crippen LogP contribution in [0.25, 0.3) is 6.08 Å². The van der Waals surface area contributed by atoms with Crippen molar-refractivity contribution in [3.05, 3.63) is 28.0 Å². The van der Waals surface area contributed by atoms with Gasteiger partial charge in [0.1, 0.15) is 0 Å². The van der Waals surface area contributed by atoms with Crippen molar-refractivity contribution >= 4 is 17.4 Å². The molecule has 54 valence electrons. The average Bonchev–Trinajstić information content (AvgIpc) is 2.31. The molecule has 1 aromatic rings. The average molecular weight is 153 g/mol. The maximum absolute atomic E-state index is 5.30. The first-order chi connectivity index (χ1) is 4.83. The molecule has 0 saturated carbocycles. The molecule has 2 N–H and O–H groups in total. The number of nitrogens with two attached hydrogens (primary N) is 1. The van der Waals surface area contributed by atoms with Crippen LogP contribution >= 0.6 is 11.3 Å². The predicted octanol–water partition coefficient (Wildman–Crippen LogP) is 2.03. The maximum atomic E-state index is 5.30. The van der Waals surface area contributed by atoms with E-state index >= 15 is 0 Å². The summed E-state index contributed by atoms with van der Waals surface area (Å²) in [6, 6.07) is 4.22. The summed E-state index contributed by atoms with van der Waals surface area (Å²) in [7, 11) is 0. The lowest BCUT2D eigenvalue weighted by Gasteiger charge is -1.80. The monoisotopic (exact) mass is 153 g/mol. The van der Waals surface area contributed by atoms with Crippen molar-refractivity contribution in [3.63, 3.8) is 0 Å². The van der Waals surface area contributed by atoms with Crippen LogP contribution in [0.2, 0.25) is 0 Å². The van der Waals surface area contributed by atoms with Crippen LogP contribution in [0.1, 0.15) is 9.75 Å². The smallest absolute Gasteiger partial charge is 0.0270 e. The lowest BCUT2D eigenvalue weighted by atomic mass is 10.4. The van der Waals surface area contributed by atoms with Gasteiger partial charge in [0, 0.05) is 16.3 Å². The van der Waals surface area contributed by atoms with Gasteiger partial charge >= 0.3 is 0 Å². The normalized spacial score (nSPS) is 11.0. The van der Waals surface area contributed by atoms with Gasteiger partial charge in [-0.05, 0) is 25.1 Å². The molecule has 0 radical (unpaired) electrons. The zero-order chi connectivity index (χ0) is 7.40. The first kappa shape index (κ1) is 7.51. The summed E-state index contributed by atoms with van der Waals surface area (Å²) in [6.07, 6.45) is 4.02. The number of hydrogen-bond donors (Lipinski definition) is 1. The summed E-state index contributed by atoms with van der Waals surface area (Å²) in [5.41, 5.74) is 5.30. The lowest BCUT2D eigenvalue weighted by molar-refractivity contribution is 1.26. The van der Waals surface area contributed by atoms with E-state index in [9.17, 15) is 0 Å². The summed E-state index contributed by atoms with van der Waals surface area (Å²) in [6.45, 7) is 2.72. The van der Waals surface area contributed by atoms with Crippen molar-refractivity contribution < 1.29 is 0 Å². The van der Waals surface area contributed by atoms with E-state index in [4.69, 9.17) is 5.73 Å². The van der Waals surface area contributed by atoms with Crippen molar-refractivity contribution in [1.29, 1.82) is 0 Å². The summed E-state index contributed by atoms with van der Waals surface area (Å²) in [5, 5.41) is 0. The van der Waals surface area contributed by atoms with Crippen LogP contribution in [0.4, 0.5) is 0 Å². The standard InChI is InChI=1S/C8H11NS/c1-7-4-5-8(10-7)3-2-6-9/h2-5H,6,9H2,1H3/b3-2+. The molecule has 10 heavy (non-hydrogen) atoms. The van der Waals surface area contributed by atoms with Gasteiger partial charge in [0.25, 0.3) is 0 Å². The number of rotatable bonds is 2. The minimum atomic E-state index is 0.622. The summed E-state index contributed by atoms with van der Waals surface area (Å²) < 4.78 is 0. The number of hydrogen-bond acceptors (Lipinski definition) is 2. The van der Waals surface area contributed by atoms with Gasteiger partial charge in [-0.3, -0.25) is 0 Å². The van der Waals surface area contributed by atoms with Crippen molar-refractivity contribution in [3.8, 4) is 0 Å². The molecule has 2 heteroatoms. The third kappa shape index (κ3) is 1.97. The molecule has 1 rings (SSSR count). The third-order valence-electron chi connectivity index (χ3n) is 1.18.